The van der Waals surface area contributed by atoms with E-state index in [1.165, 1.54) is 19.3 Å². The molecule has 0 radical (unpaired) electrons. The van der Waals surface area contributed by atoms with Crippen molar-refractivity contribution in [2.24, 2.45) is 11.7 Å². The number of nitrogens with one attached hydrogen (secondary N) is 1. The number of hydrogen-bond donors (Lipinski definition) is 2. The van der Waals surface area contributed by atoms with E-state index in [-0.39, 0.29) is 0 Å². The monoisotopic (exact) mass is 156 g/mol. The highest BCUT2D eigenvalue weighted by Gasteiger charge is 2.23. The zero-order chi connectivity index (χ0) is 8.27. The molecule has 66 valence electrons. The molecule has 0 saturated heterocycles. The van der Waals surface area contributed by atoms with Crippen LogP contribution in [-0.2, 0) is 0 Å². The van der Waals surface area contributed by atoms with Crippen molar-refractivity contribution in [3.05, 3.63) is 0 Å². The van der Waals surface area contributed by atoms with Gasteiger partial charge < -0.3 is 11.1 Å². The zero-order valence-corrected chi connectivity index (χ0v) is 7.64. The predicted molar refractivity (Wildman–Crippen MR) is 48.5 cm³/mol. The Morgan fingerprint density at radius 3 is 2.55 bits per heavy atom. The standard InChI is InChI=1S/C9H20N2/c1-7(2)11-6-9(10)5-8-3-4-8/h7-9,11H,3-6,10H2,1-2H3. The fourth-order valence-electron chi connectivity index (χ4n) is 1.25. The second-order valence-electron chi connectivity index (χ2n) is 4.00. The highest BCUT2D eigenvalue weighted by atomic mass is 14.9. The molecule has 0 aromatic heterocycles. The summed E-state index contributed by atoms with van der Waals surface area (Å²) in [5.41, 5.74) is 5.90. The summed E-state index contributed by atoms with van der Waals surface area (Å²) in [6.07, 6.45) is 4.05. The van der Waals surface area contributed by atoms with Crippen LogP contribution in [0.25, 0.3) is 0 Å². The van der Waals surface area contributed by atoms with E-state index in [1.807, 2.05) is 0 Å². The fraction of sp³-hybridized carbons (Fsp3) is 1.00. The Hall–Kier alpha value is -0.0800. The topological polar surface area (TPSA) is 38.0 Å². The van der Waals surface area contributed by atoms with Crippen molar-refractivity contribution in [2.75, 3.05) is 6.54 Å². The van der Waals surface area contributed by atoms with Crippen molar-refractivity contribution >= 4 is 0 Å². The van der Waals surface area contributed by atoms with Crippen LogP contribution in [0.1, 0.15) is 33.1 Å². The van der Waals surface area contributed by atoms with Crippen LogP contribution in [0.2, 0.25) is 0 Å². The van der Waals surface area contributed by atoms with Crippen molar-refractivity contribution < 1.29 is 0 Å². The third kappa shape index (κ3) is 4.38. The van der Waals surface area contributed by atoms with Crippen LogP contribution >= 0.6 is 0 Å². The minimum absolute atomic E-state index is 0.380. The van der Waals surface area contributed by atoms with E-state index in [9.17, 15) is 0 Å². The van der Waals surface area contributed by atoms with Crippen LogP contribution in [0.4, 0.5) is 0 Å². The molecule has 2 heteroatoms. The lowest BCUT2D eigenvalue weighted by molar-refractivity contribution is 0.487. The van der Waals surface area contributed by atoms with E-state index in [0.717, 1.165) is 12.5 Å². The third-order valence-corrected chi connectivity index (χ3v) is 2.12. The lowest BCUT2D eigenvalue weighted by atomic mass is 10.1. The summed E-state index contributed by atoms with van der Waals surface area (Å²) >= 11 is 0. The molecule has 3 N–H and O–H groups in total. The lowest BCUT2D eigenvalue weighted by Gasteiger charge is -2.14. The maximum atomic E-state index is 5.90. The Kier molecular flexibility index (Phi) is 3.34. The predicted octanol–water partition coefficient (Wildman–Crippen LogP) is 1.11. The Labute approximate surface area is 69.5 Å². The van der Waals surface area contributed by atoms with Gasteiger partial charge in [-0.15, -0.1) is 0 Å². The summed E-state index contributed by atoms with van der Waals surface area (Å²) in [7, 11) is 0. The van der Waals surface area contributed by atoms with Crippen molar-refractivity contribution in [1.29, 1.82) is 0 Å². The van der Waals surface area contributed by atoms with Gasteiger partial charge in [0.25, 0.3) is 0 Å². The molecule has 1 rings (SSSR count). The molecule has 1 unspecified atom stereocenters. The van der Waals surface area contributed by atoms with Crippen LogP contribution < -0.4 is 11.1 Å². The molecule has 1 aliphatic rings. The molecule has 1 aliphatic carbocycles. The Balaban J connectivity index is 1.95. The molecular formula is C9H20N2. The Morgan fingerprint density at radius 2 is 2.09 bits per heavy atom. The highest BCUT2D eigenvalue weighted by Crippen LogP contribution is 2.32. The molecule has 0 aromatic rings. The zero-order valence-electron chi connectivity index (χ0n) is 7.64. The van der Waals surface area contributed by atoms with E-state index in [1.54, 1.807) is 0 Å². The normalized spacial score (nSPS) is 20.7. The van der Waals surface area contributed by atoms with Gasteiger partial charge in [-0.3, -0.25) is 0 Å². The minimum atomic E-state index is 0.380. The van der Waals surface area contributed by atoms with Gasteiger partial charge in [-0.1, -0.05) is 26.7 Å². The van der Waals surface area contributed by atoms with Gasteiger partial charge in [0.2, 0.25) is 0 Å². The average molecular weight is 156 g/mol. The van der Waals surface area contributed by atoms with Gasteiger partial charge >= 0.3 is 0 Å². The van der Waals surface area contributed by atoms with Crippen molar-refractivity contribution in [1.82, 2.24) is 5.32 Å². The number of hydrogen-bond acceptors (Lipinski definition) is 2. The van der Waals surface area contributed by atoms with Gasteiger partial charge in [-0.05, 0) is 12.3 Å². The molecule has 1 fully saturated rings. The summed E-state index contributed by atoms with van der Waals surface area (Å²) in [5, 5.41) is 3.35. The quantitative estimate of drug-likeness (QED) is 0.626. The van der Waals surface area contributed by atoms with Gasteiger partial charge in [-0.25, -0.2) is 0 Å². The van der Waals surface area contributed by atoms with Crippen molar-refractivity contribution in [3.63, 3.8) is 0 Å². The Bertz CT molecular complexity index is 108. The van der Waals surface area contributed by atoms with Gasteiger partial charge in [0.15, 0.2) is 0 Å². The summed E-state index contributed by atoms with van der Waals surface area (Å²) in [6.45, 7) is 5.29. The molecule has 11 heavy (non-hydrogen) atoms. The average Bonchev–Trinajstić information content (AvgIpc) is 2.67. The molecule has 0 aliphatic heterocycles. The third-order valence-electron chi connectivity index (χ3n) is 2.12. The SMILES string of the molecule is CC(C)NCC(N)CC1CC1. The van der Waals surface area contributed by atoms with Crippen LogP contribution in [-0.4, -0.2) is 18.6 Å². The van der Waals surface area contributed by atoms with Crippen LogP contribution in [0, 0.1) is 5.92 Å². The molecule has 0 aromatic carbocycles. The first-order chi connectivity index (χ1) is 5.18. The van der Waals surface area contributed by atoms with Crippen molar-refractivity contribution in [3.8, 4) is 0 Å². The van der Waals surface area contributed by atoms with Gasteiger partial charge in [0.1, 0.15) is 0 Å². The molecular weight excluding hydrogens is 136 g/mol. The minimum Gasteiger partial charge on any atom is -0.327 e. The molecule has 0 bridgehead atoms. The van der Waals surface area contributed by atoms with E-state index >= 15 is 0 Å². The summed E-state index contributed by atoms with van der Waals surface area (Å²) in [5.74, 6) is 0.957. The van der Waals surface area contributed by atoms with E-state index in [4.69, 9.17) is 5.73 Å². The smallest absolute Gasteiger partial charge is 0.0168 e. The molecule has 1 saturated carbocycles. The van der Waals surface area contributed by atoms with E-state index in [0.29, 0.717) is 12.1 Å². The van der Waals surface area contributed by atoms with Crippen molar-refractivity contribution in [2.45, 2.75) is 45.2 Å². The molecule has 2 nitrogen and oxygen atoms in total. The first kappa shape index (κ1) is 9.01. The van der Waals surface area contributed by atoms with Crippen LogP contribution in [0.3, 0.4) is 0 Å². The number of rotatable bonds is 5. The van der Waals surface area contributed by atoms with Gasteiger partial charge in [0, 0.05) is 18.6 Å². The summed E-state index contributed by atoms with van der Waals surface area (Å²) in [6, 6.07) is 0.949. The second kappa shape index (κ2) is 4.07. The first-order valence-electron chi connectivity index (χ1n) is 4.67. The van der Waals surface area contributed by atoms with E-state index < -0.39 is 0 Å². The van der Waals surface area contributed by atoms with Crippen LogP contribution in [0.5, 0.6) is 0 Å². The van der Waals surface area contributed by atoms with E-state index in [2.05, 4.69) is 19.2 Å². The largest absolute Gasteiger partial charge is 0.327 e. The molecule has 0 amide bonds. The number of nitrogens with two attached hydrogens (primary N) is 1. The lowest BCUT2D eigenvalue weighted by Crippen LogP contribution is -2.37. The second-order valence-corrected chi connectivity index (χ2v) is 4.00. The van der Waals surface area contributed by atoms with Gasteiger partial charge in [-0.2, -0.15) is 0 Å². The molecule has 0 heterocycles. The highest BCUT2D eigenvalue weighted by molar-refractivity contribution is 4.79. The Morgan fingerprint density at radius 1 is 1.45 bits per heavy atom. The van der Waals surface area contributed by atoms with Crippen LogP contribution in [0.15, 0.2) is 0 Å². The summed E-state index contributed by atoms with van der Waals surface area (Å²) in [4.78, 5) is 0. The maximum absolute atomic E-state index is 5.90. The molecule has 0 spiro atoms. The van der Waals surface area contributed by atoms with Gasteiger partial charge in [0.05, 0.1) is 0 Å². The fourth-order valence-corrected chi connectivity index (χ4v) is 1.25. The maximum Gasteiger partial charge on any atom is 0.0168 e. The molecule has 1 atom stereocenters. The summed E-state index contributed by atoms with van der Waals surface area (Å²) < 4.78 is 0. The first-order valence-corrected chi connectivity index (χ1v) is 4.67.